The van der Waals surface area contributed by atoms with Gasteiger partial charge in [-0.25, -0.2) is 9.97 Å². The second kappa shape index (κ2) is 33.8. The van der Waals surface area contributed by atoms with E-state index in [0.717, 1.165) is 28.5 Å². The molecule has 0 aliphatic carbocycles. The van der Waals surface area contributed by atoms with Gasteiger partial charge in [0.15, 0.2) is 5.65 Å². The summed E-state index contributed by atoms with van der Waals surface area (Å²) in [5.41, 5.74) is 47.0. The molecule has 14 nitrogen and oxygen atoms in total. The molecule has 0 spiro atoms. The Balaban J connectivity index is 0.000000102. The molecule has 132 heavy (non-hydrogen) atoms. The van der Waals surface area contributed by atoms with Crippen molar-refractivity contribution in [3.8, 4) is 34.1 Å². The van der Waals surface area contributed by atoms with Crippen LogP contribution in [0.15, 0.2) is 279 Å². The lowest BCUT2D eigenvalue weighted by Crippen LogP contribution is -2.04. The third-order valence-corrected chi connectivity index (χ3v) is 28.2. The Morgan fingerprint density at radius 2 is 0.530 bits per heavy atom. The number of aryl methyl sites for hydroxylation is 24. The highest BCUT2D eigenvalue weighted by Gasteiger charge is 2.27. The molecule has 0 radical (unpaired) electrons. The van der Waals surface area contributed by atoms with E-state index in [4.69, 9.17) is 9.97 Å². The molecular weight excluding hydrogens is 1610 g/mol. The van der Waals surface area contributed by atoms with Crippen LogP contribution in [-0.2, 0) is 42.3 Å². The van der Waals surface area contributed by atoms with Gasteiger partial charge in [-0.3, -0.25) is 13.7 Å². The van der Waals surface area contributed by atoms with Crippen molar-refractivity contribution >= 4 is 132 Å². The molecule has 0 N–H and O–H groups in total. The highest BCUT2D eigenvalue weighted by atomic mass is 15.2. The first-order valence-corrected chi connectivity index (χ1v) is 46.0. The summed E-state index contributed by atoms with van der Waals surface area (Å²) in [6, 6.07) is 95.4. The third kappa shape index (κ3) is 14.0. The van der Waals surface area contributed by atoms with E-state index in [1.54, 1.807) is 0 Å². The summed E-state index contributed by atoms with van der Waals surface area (Å²) in [6.07, 6.45) is 4.49. The van der Waals surface area contributed by atoms with Crippen molar-refractivity contribution in [2.45, 2.75) is 125 Å². The zero-order chi connectivity index (χ0) is 92.6. The zero-order valence-corrected chi connectivity index (χ0v) is 80.8. The van der Waals surface area contributed by atoms with Gasteiger partial charge in [-0.05, 0) is 240 Å². The highest BCUT2D eigenvalue weighted by molar-refractivity contribution is 6.14. The Morgan fingerprint density at radius 1 is 0.205 bits per heavy atom. The summed E-state index contributed by atoms with van der Waals surface area (Å²) in [6.45, 7) is 39.1. The molecule has 14 heteroatoms. The van der Waals surface area contributed by atoms with Crippen molar-refractivity contribution in [1.82, 2.24) is 64.8 Å². The molecule has 0 aliphatic heterocycles. The fourth-order valence-corrected chi connectivity index (χ4v) is 21.2. The van der Waals surface area contributed by atoms with Crippen molar-refractivity contribution < 1.29 is 0 Å². The SMILES string of the molecule is Cc1cccc(C)c1-n1c2ccccc2c2c(C)n(C)cc21.Cc1cccc(C)c1-n1c2ccccc2c2c1cc(C)n2C.Cc1cccc(C)c1-n1c2ccccc2c2c1nc(C)n2C.Cc1cccc(C)c1-n1c2ccccc2c2cc(C)n(C)c21.Cc1cccc(C)c1-n1c2ccccc2c2cn(C)c(C)c21.Cc1cccc(C)c1-n1c2ccccc2c2nc(C)n(C)c21. The second-order valence-corrected chi connectivity index (χ2v) is 36.7. The van der Waals surface area contributed by atoms with Crippen molar-refractivity contribution in [3.63, 3.8) is 0 Å². The van der Waals surface area contributed by atoms with Crippen LogP contribution in [-0.4, -0.2) is 64.8 Å². The summed E-state index contributed by atoms with van der Waals surface area (Å²) in [7, 11) is 12.7. The molecule has 0 amide bonds. The molecule has 0 saturated heterocycles. The van der Waals surface area contributed by atoms with Crippen molar-refractivity contribution in [3.05, 3.63) is 380 Å². The van der Waals surface area contributed by atoms with Crippen LogP contribution in [0.4, 0.5) is 0 Å². The monoisotopic (exact) mass is 1730 g/mol. The minimum Gasteiger partial charge on any atom is -0.352 e. The van der Waals surface area contributed by atoms with Gasteiger partial charge in [-0.1, -0.05) is 218 Å². The van der Waals surface area contributed by atoms with Gasteiger partial charge in [0.2, 0.25) is 0 Å². The quantitative estimate of drug-likeness (QED) is 0.166. The lowest BCUT2D eigenvalue weighted by molar-refractivity contribution is 0.858. The predicted molar refractivity (Wildman–Crippen MR) is 559 cm³/mol. The number of nitrogens with zero attached hydrogens (tertiary/aromatic N) is 14. The van der Waals surface area contributed by atoms with E-state index in [1.807, 2.05) is 0 Å². The van der Waals surface area contributed by atoms with Gasteiger partial charge in [-0.2, -0.15) is 0 Å². The van der Waals surface area contributed by atoms with Crippen molar-refractivity contribution in [2.24, 2.45) is 42.3 Å². The van der Waals surface area contributed by atoms with Gasteiger partial charge in [-0.15, -0.1) is 0 Å². The smallest absolute Gasteiger partial charge is 0.164 e. The van der Waals surface area contributed by atoms with E-state index in [0.29, 0.717) is 0 Å². The van der Waals surface area contributed by atoms with Crippen LogP contribution in [0.5, 0.6) is 0 Å². The Bertz CT molecular complexity index is 7770. The molecule has 0 fully saturated rings. The molecule has 24 aromatic rings. The van der Waals surface area contributed by atoms with Crippen LogP contribution in [0.25, 0.3) is 166 Å². The summed E-state index contributed by atoms with van der Waals surface area (Å²) in [4.78, 5) is 9.62. The molecule has 0 bridgehead atoms. The van der Waals surface area contributed by atoms with E-state index in [2.05, 4.69) is 501 Å². The summed E-state index contributed by atoms with van der Waals surface area (Å²) >= 11 is 0. The number of fused-ring (bicyclic) bond motifs is 18. The lowest BCUT2D eigenvalue weighted by atomic mass is 10.1. The minimum atomic E-state index is 1.04. The molecule has 12 aromatic carbocycles. The van der Waals surface area contributed by atoms with Gasteiger partial charge in [0.05, 0.1) is 94.8 Å². The van der Waals surface area contributed by atoms with Crippen LogP contribution in [0, 0.1) is 125 Å². The first-order valence-electron chi connectivity index (χ1n) is 46.0. The zero-order valence-electron chi connectivity index (χ0n) is 80.8. The molecule has 12 aromatic heterocycles. The molecule has 0 aliphatic rings. The summed E-state index contributed by atoms with van der Waals surface area (Å²) in [5, 5.41) is 11.8. The molecule has 660 valence electrons. The van der Waals surface area contributed by atoms with E-state index in [1.165, 1.54) is 238 Å². The summed E-state index contributed by atoms with van der Waals surface area (Å²) in [5.74, 6) is 2.08. The van der Waals surface area contributed by atoms with E-state index >= 15 is 0 Å². The molecule has 0 unspecified atom stereocenters. The van der Waals surface area contributed by atoms with Crippen LogP contribution in [0.1, 0.15) is 101 Å². The van der Waals surface area contributed by atoms with E-state index in [-0.39, 0.29) is 0 Å². The maximum atomic E-state index is 4.83. The third-order valence-electron chi connectivity index (χ3n) is 28.2. The Hall–Kier alpha value is -15.0. The molecular formula is C118H118N14. The maximum absolute atomic E-state index is 4.83. The number of aromatic nitrogens is 14. The number of para-hydroxylation sites is 12. The average Bonchev–Trinajstić information content (AvgIpc) is 1.60. The second-order valence-electron chi connectivity index (χ2n) is 36.7. The first kappa shape index (κ1) is 86.4. The maximum Gasteiger partial charge on any atom is 0.164 e. The average molecular weight is 1730 g/mol. The van der Waals surface area contributed by atoms with Crippen LogP contribution >= 0.6 is 0 Å². The molecule has 0 atom stereocenters. The van der Waals surface area contributed by atoms with E-state index in [9.17, 15) is 0 Å². The number of benzene rings is 12. The first-order chi connectivity index (χ1) is 63.6. The topological polar surface area (TPSA) is 84.9 Å². The van der Waals surface area contributed by atoms with Crippen LogP contribution in [0.3, 0.4) is 0 Å². The van der Waals surface area contributed by atoms with Crippen molar-refractivity contribution in [2.75, 3.05) is 0 Å². The van der Waals surface area contributed by atoms with E-state index < -0.39 is 0 Å². The molecule has 0 saturated carbocycles. The largest absolute Gasteiger partial charge is 0.352 e. The Labute approximate surface area is 772 Å². The summed E-state index contributed by atoms with van der Waals surface area (Å²) < 4.78 is 27.8. The number of rotatable bonds is 6. The fourth-order valence-electron chi connectivity index (χ4n) is 21.2. The van der Waals surface area contributed by atoms with Gasteiger partial charge < -0.3 is 41.1 Å². The lowest BCUT2D eigenvalue weighted by Gasteiger charge is -2.15. The Kier molecular flexibility index (Phi) is 22.1. The van der Waals surface area contributed by atoms with Crippen molar-refractivity contribution in [1.29, 1.82) is 0 Å². The standard InChI is InChI=1S/4C20H20N2.2C19H19N3/c1-13-8-7-9-14(2)19(13)22-18-11-6-5-10-16(18)17-12-21(4)15(3)20(17)22;1-13-8-7-9-14(2)20(13)22-17-11-6-5-10-16(17)19-15(3)21(4)12-18(19)22;1-13-8-7-9-14(2)19(13)22-18-11-6-5-10-16(18)17-12-15(3)21(4)20(17)22;1-13-8-7-9-14(2)19(13)22-17-11-6-5-10-16(17)20-18(22)12-15(3)21(20)4;1-12-8-7-9-13(2)18(12)22-16-11-6-5-10-15(16)17-19(22)21(4)14(3)20-17;1-12-8-7-9-13(2)17(12)22-16-11-6-5-10-15(16)18-19(22)20-14(3)21(18)4/h4*5-12H,1-4H3;2*5-11H,1-4H3. The predicted octanol–water partition coefficient (Wildman–Crippen LogP) is 29.1. The number of hydrogen-bond acceptors (Lipinski definition) is 2. The van der Waals surface area contributed by atoms with Crippen LogP contribution < -0.4 is 0 Å². The molecule has 12 heterocycles. The van der Waals surface area contributed by atoms with Gasteiger partial charge in [0.25, 0.3) is 0 Å². The highest BCUT2D eigenvalue weighted by Crippen LogP contribution is 2.44. The van der Waals surface area contributed by atoms with Gasteiger partial charge in [0, 0.05) is 126 Å². The Morgan fingerprint density at radius 3 is 1.00 bits per heavy atom. The van der Waals surface area contributed by atoms with Gasteiger partial charge >= 0.3 is 0 Å². The normalized spacial score (nSPS) is 11.6. The fraction of sp³-hybridized carbons (Fsp3) is 0.203. The number of hydrogen-bond donors (Lipinski definition) is 0. The molecule has 24 rings (SSSR count). The van der Waals surface area contributed by atoms with Crippen LogP contribution in [0.2, 0.25) is 0 Å². The minimum absolute atomic E-state index is 1.04. The number of imidazole rings is 2. The van der Waals surface area contributed by atoms with Gasteiger partial charge in [0.1, 0.15) is 28.5 Å².